The van der Waals surface area contributed by atoms with E-state index < -0.39 is 9.84 Å². The molecule has 41 heavy (non-hydrogen) atoms. The molecule has 5 aromatic rings. The molecular formula is C30H28N8O2S. The number of rotatable bonds is 6. The van der Waals surface area contributed by atoms with Crippen LogP contribution in [0.4, 0.5) is 5.82 Å². The Kier molecular flexibility index (Phi) is 5.92. The third-order valence-corrected chi connectivity index (χ3v) is 9.42. The maximum Gasteiger partial charge on any atom is 0.175 e. The van der Waals surface area contributed by atoms with E-state index in [1.807, 2.05) is 50.0 Å². The molecule has 2 atom stereocenters. The summed E-state index contributed by atoms with van der Waals surface area (Å²) < 4.78 is 28.1. The van der Waals surface area contributed by atoms with Gasteiger partial charge in [0.15, 0.2) is 9.84 Å². The van der Waals surface area contributed by atoms with Gasteiger partial charge in [0.2, 0.25) is 0 Å². The molecule has 0 spiro atoms. The van der Waals surface area contributed by atoms with Gasteiger partial charge in [-0.3, -0.25) is 9.58 Å². The molecule has 7 heterocycles. The van der Waals surface area contributed by atoms with E-state index >= 15 is 0 Å². The van der Waals surface area contributed by atoms with E-state index in [1.54, 1.807) is 27.5 Å². The molecule has 11 heteroatoms. The fourth-order valence-electron chi connectivity index (χ4n) is 6.21. The molecule has 0 radical (unpaired) electrons. The van der Waals surface area contributed by atoms with Crippen molar-refractivity contribution in [1.29, 1.82) is 5.26 Å². The number of pyridine rings is 2. The Morgan fingerprint density at radius 1 is 0.976 bits per heavy atom. The summed E-state index contributed by atoms with van der Waals surface area (Å²) in [5.41, 5.74) is 5.82. The van der Waals surface area contributed by atoms with Crippen LogP contribution in [0, 0.1) is 11.3 Å². The highest BCUT2D eigenvalue weighted by molar-refractivity contribution is 7.90. The fraction of sp³-hybridized carbons (Fsp3) is 0.267. The van der Waals surface area contributed by atoms with E-state index in [9.17, 15) is 13.7 Å². The van der Waals surface area contributed by atoms with Gasteiger partial charge in [0, 0.05) is 85.9 Å². The van der Waals surface area contributed by atoms with Crippen LogP contribution in [0.2, 0.25) is 0 Å². The first-order valence-corrected chi connectivity index (χ1v) is 15.3. The van der Waals surface area contributed by atoms with Gasteiger partial charge in [0.05, 0.1) is 28.4 Å². The summed E-state index contributed by atoms with van der Waals surface area (Å²) in [5.74, 6) is 0.910. The quantitative estimate of drug-likeness (QED) is 0.308. The second-order valence-corrected chi connectivity index (χ2v) is 12.9. The number of aryl methyl sites for hydroxylation is 1. The molecule has 3 aliphatic rings. The molecule has 10 nitrogen and oxygen atoms in total. The summed E-state index contributed by atoms with van der Waals surface area (Å²) in [4.78, 5) is 9.98. The van der Waals surface area contributed by atoms with Crippen LogP contribution >= 0.6 is 0 Å². The number of sulfone groups is 1. The minimum Gasteiger partial charge on any atom is -0.353 e. The van der Waals surface area contributed by atoms with Crippen molar-refractivity contribution in [3.8, 4) is 28.3 Å². The van der Waals surface area contributed by atoms with E-state index in [4.69, 9.17) is 4.98 Å². The zero-order chi connectivity index (χ0) is 28.3. The number of hydrogen-bond acceptors (Lipinski definition) is 8. The Bertz CT molecular complexity index is 1930. The van der Waals surface area contributed by atoms with Crippen molar-refractivity contribution < 1.29 is 8.42 Å². The van der Waals surface area contributed by atoms with Crippen LogP contribution in [-0.4, -0.2) is 69.1 Å². The van der Waals surface area contributed by atoms with Crippen LogP contribution < -0.4 is 4.90 Å². The van der Waals surface area contributed by atoms with Crippen molar-refractivity contribution in [1.82, 2.24) is 29.3 Å². The monoisotopic (exact) mass is 564 g/mol. The van der Waals surface area contributed by atoms with Crippen LogP contribution in [0.25, 0.3) is 27.8 Å². The number of nitrogens with zero attached hydrogens (tertiary/aromatic N) is 8. The van der Waals surface area contributed by atoms with Crippen molar-refractivity contribution in [2.24, 2.45) is 7.05 Å². The highest BCUT2D eigenvalue weighted by Crippen LogP contribution is 2.37. The molecule has 0 N–H and O–H groups in total. The van der Waals surface area contributed by atoms with Crippen LogP contribution in [0.15, 0.2) is 78.3 Å². The standard InChI is InChI=1S/C30H28N8O2S/c1-35-15-24(14-33-35)22-9-27(30-23(11-31)13-34-38(30)17-22)20-7-8-29(32-12-20)36-18-25-10-26(19-36)37(25)16-21-5-3-4-6-28(21)41(2,39)40/h3-9,12-15,17,25-26H,10,16,18-19H2,1-2H3. The number of nitriles is 1. The molecule has 0 amide bonds. The highest BCUT2D eigenvalue weighted by Gasteiger charge is 2.45. The zero-order valence-electron chi connectivity index (χ0n) is 22.7. The van der Waals surface area contributed by atoms with E-state index in [-0.39, 0.29) is 0 Å². The Labute approximate surface area is 238 Å². The normalized spacial score (nSPS) is 18.8. The smallest absolute Gasteiger partial charge is 0.175 e. The number of hydrogen-bond donors (Lipinski definition) is 0. The molecule has 206 valence electrons. The first-order valence-electron chi connectivity index (χ1n) is 13.4. The Hall–Kier alpha value is -4.53. The predicted molar refractivity (Wildman–Crippen MR) is 155 cm³/mol. The predicted octanol–water partition coefficient (Wildman–Crippen LogP) is 3.54. The van der Waals surface area contributed by atoms with E-state index in [0.717, 1.165) is 58.7 Å². The van der Waals surface area contributed by atoms with Gasteiger partial charge in [-0.1, -0.05) is 18.2 Å². The van der Waals surface area contributed by atoms with Crippen molar-refractivity contribution >= 4 is 21.2 Å². The SMILES string of the molecule is Cn1cc(-c2cc(-c3ccc(N4CC5CC(C4)N5Cc4ccccc4S(C)(=O)=O)nc3)c3c(C#N)cnn3c2)cn1. The number of fused-ring (bicyclic) bond motifs is 3. The molecule has 1 aromatic carbocycles. The lowest BCUT2D eigenvalue weighted by Crippen LogP contribution is -2.68. The number of piperazine rings is 1. The number of aromatic nitrogens is 5. The first kappa shape index (κ1) is 25.4. The van der Waals surface area contributed by atoms with Gasteiger partial charge in [0.1, 0.15) is 11.9 Å². The minimum absolute atomic E-state index is 0.351. The lowest BCUT2D eigenvalue weighted by molar-refractivity contribution is -0.00931. The summed E-state index contributed by atoms with van der Waals surface area (Å²) >= 11 is 0. The second kappa shape index (κ2) is 9.54. The molecular weight excluding hydrogens is 536 g/mol. The summed E-state index contributed by atoms with van der Waals surface area (Å²) in [6, 6.07) is 16.4. The number of piperidine rings is 1. The molecule has 0 saturated carbocycles. The average Bonchev–Trinajstić information content (AvgIpc) is 3.61. The molecule has 2 bridgehead atoms. The van der Waals surface area contributed by atoms with E-state index in [1.165, 1.54) is 6.26 Å². The molecule has 3 saturated heterocycles. The largest absolute Gasteiger partial charge is 0.353 e. The minimum atomic E-state index is -3.27. The zero-order valence-corrected chi connectivity index (χ0v) is 23.5. The molecule has 0 aliphatic carbocycles. The highest BCUT2D eigenvalue weighted by atomic mass is 32.2. The van der Waals surface area contributed by atoms with Crippen LogP contribution in [0.3, 0.4) is 0 Å². The maximum absolute atomic E-state index is 12.3. The van der Waals surface area contributed by atoms with Gasteiger partial charge in [0.25, 0.3) is 0 Å². The second-order valence-electron chi connectivity index (χ2n) is 10.9. The molecule has 3 aliphatic heterocycles. The fourth-order valence-corrected chi connectivity index (χ4v) is 7.14. The average molecular weight is 565 g/mol. The maximum atomic E-state index is 12.3. The summed E-state index contributed by atoms with van der Waals surface area (Å²) in [6.07, 6.45) is 11.5. The molecule has 4 aromatic heterocycles. The van der Waals surface area contributed by atoms with Gasteiger partial charge in [-0.25, -0.2) is 17.9 Å². The van der Waals surface area contributed by atoms with Gasteiger partial charge in [-0.15, -0.1) is 0 Å². The third-order valence-electron chi connectivity index (χ3n) is 8.22. The van der Waals surface area contributed by atoms with Crippen LogP contribution in [-0.2, 0) is 23.4 Å². The Balaban J connectivity index is 1.13. The van der Waals surface area contributed by atoms with Gasteiger partial charge >= 0.3 is 0 Å². The van der Waals surface area contributed by atoms with Crippen molar-refractivity contribution in [2.75, 3.05) is 24.2 Å². The molecule has 2 unspecified atom stereocenters. The molecule has 8 rings (SSSR count). The van der Waals surface area contributed by atoms with Crippen LogP contribution in [0.1, 0.15) is 17.5 Å². The van der Waals surface area contributed by atoms with E-state index in [2.05, 4.69) is 38.2 Å². The van der Waals surface area contributed by atoms with Crippen molar-refractivity contribution in [3.05, 3.63) is 84.6 Å². The van der Waals surface area contributed by atoms with Crippen LogP contribution in [0.5, 0.6) is 0 Å². The first-order chi connectivity index (χ1) is 19.8. The van der Waals surface area contributed by atoms with Gasteiger partial charge in [-0.05, 0) is 36.2 Å². The topological polar surface area (TPSA) is 112 Å². The summed E-state index contributed by atoms with van der Waals surface area (Å²) in [7, 11) is -1.39. The van der Waals surface area contributed by atoms with Crippen molar-refractivity contribution in [2.45, 2.75) is 29.9 Å². The summed E-state index contributed by atoms with van der Waals surface area (Å²) in [5, 5.41) is 18.5. The van der Waals surface area contributed by atoms with Gasteiger partial charge < -0.3 is 4.90 Å². The lowest BCUT2D eigenvalue weighted by atomic mass is 9.86. The number of anilines is 1. The van der Waals surface area contributed by atoms with E-state index in [0.29, 0.717) is 29.1 Å². The lowest BCUT2D eigenvalue weighted by Gasteiger charge is -2.56. The third kappa shape index (κ3) is 4.45. The Morgan fingerprint density at radius 2 is 1.78 bits per heavy atom. The van der Waals surface area contributed by atoms with Gasteiger partial charge in [-0.2, -0.15) is 15.5 Å². The molecule has 3 fully saturated rings. The Morgan fingerprint density at radius 3 is 2.46 bits per heavy atom. The summed E-state index contributed by atoms with van der Waals surface area (Å²) in [6.45, 7) is 2.31. The van der Waals surface area contributed by atoms with Crippen molar-refractivity contribution in [3.63, 3.8) is 0 Å². The number of benzene rings is 1.